The molecular weight excluding hydrogens is 374 g/mol. The van der Waals surface area contributed by atoms with Crippen LogP contribution in [-0.2, 0) is 5.75 Å². The van der Waals surface area contributed by atoms with E-state index in [0.29, 0.717) is 0 Å². The number of fused-ring (bicyclic) bond motifs is 1. The Labute approximate surface area is 157 Å². The Morgan fingerprint density at radius 1 is 1.08 bits per heavy atom. The van der Waals surface area contributed by atoms with E-state index >= 15 is 0 Å². The monoisotopic (exact) mass is 387 g/mol. The normalized spacial score (nSPS) is 11.2. The van der Waals surface area contributed by atoms with Crippen molar-refractivity contribution in [3.8, 4) is 5.69 Å². The number of thioether (sulfide) groups is 1. The van der Waals surface area contributed by atoms with Crippen LogP contribution in [-0.4, -0.2) is 14.8 Å². The Bertz CT molecular complexity index is 1030. The Balaban J connectivity index is 1.56. The van der Waals surface area contributed by atoms with Gasteiger partial charge in [-0.3, -0.25) is 0 Å². The van der Waals surface area contributed by atoms with Gasteiger partial charge in [0.15, 0.2) is 8.29 Å². The second-order valence-corrected chi connectivity index (χ2v) is 9.16. The zero-order valence-electron chi connectivity index (χ0n) is 12.8. The second kappa shape index (κ2) is 6.76. The molecule has 0 saturated carbocycles. The van der Waals surface area contributed by atoms with E-state index in [-0.39, 0.29) is 0 Å². The number of thiazole rings is 1. The second-order valence-electron chi connectivity index (χ2n) is 5.20. The smallest absolute Gasteiger partial charge is 0.184 e. The number of hydrogen-bond acceptors (Lipinski definition) is 6. The topological polar surface area (TPSA) is 30.7 Å². The maximum atomic E-state index is 5.49. The highest BCUT2D eigenvalue weighted by Gasteiger charge is 2.10. The van der Waals surface area contributed by atoms with Crippen LogP contribution in [0.2, 0.25) is 0 Å². The Kier molecular flexibility index (Phi) is 4.49. The van der Waals surface area contributed by atoms with Gasteiger partial charge in [-0.25, -0.2) is 9.67 Å². The summed E-state index contributed by atoms with van der Waals surface area (Å²) in [6.07, 6.45) is 0. The molecule has 0 radical (unpaired) electrons. The van der Waals surface area contributed by atoms with Crippen molar-refractivity contribution in [1.29, 1.82) is 0 Å². The molecule has 24 heavy (non-hydrogen) atoms. The predicted molar refractivity (Wildman–Crippen MR) is 106 cm³/mol. The molecule has 0 aliphatic rings. The lowest BCUT2D eigenvalue weighted by Gasteiger charge is -2.03. The molecule has 0 aliphatic carbocycles. The van der Waals surface area contributed by atoms with Crippen molar-refractivity contribution in [2.45, 2.75) is 17.0 Å². The zero-order valence-corrected chi connectivity index (χ0v) is 16.1. The van der Waals surface area contributed by atoms with Crippen LogP contribution in [0, 0.1) is 10.9 Å². The number of benzene rings is 2. The van der Waals surface area contributed by atoms with Crippen LogP contribution in [0.3, 0.4) is 0 Å². The molecule has 120 valence electrons. The fraction of sp³-hybridized carbons (Fsp3) is 0.118. The van der Waals surface area contributed by atoms with Crippen LogP contribution in [0.15, 0.2) is 52.9 Å². The van der Waals surface area contributed by atoms with Gasteiger partial charge in [0.05, 0.1) is 21.7 Å². The molecule has 3 nitrogen and oxygen atoms in total. The summed E-state index contributed by atoms with van der Waals surface area (Å²) in [5.41, 5.74) is 3.28. The Morgan fingerprint density at radius 2 is 1.88 bits per heavy atom. The van der Waals surface area contributed by atoms with Crippen molar-refractivity contribution in [2.75, 3.05) is 0 Å². The minimum atomic E-state index is 0.774. The lowest BCUT2D eigenvalue weighted by molar-refractivity contribution is 0.823. The van der Waals surface area contributed by atoms with Gasteiger partial charge in [-0.15, -0.1) is 16.4 Å². The molecule has 0 atom stereocenters. The van der Waals surface area contributed by atoms with Crippen LogP contribution in [0.5, 0.6) is 0 Å². The van der Waals surface area contributed by atoms with E-state index in [1.807, 2.05) is 35.0 Å². The maximum Gasteiger partial charge on any atom is 0.184 e. The molecule has 7 heteroatoms. The number of aryl methyl sites for hydroxylation is 1. The predicted octanol–water partition coefficient (Wildman–Crippen LogP) is 5.87. The lowest BCUT2D eigenvalue weighted by Crippen LogP contribution is -1.98. The largest absolute Gasteiger partial charge is 0.240 e. The highest BCUT2D eigenvalue weighted by Crippen LogP contribution is 2.30. The van der Waals surface area contributed by atoms with Gasteiger partial charge in [-0.1, -0.05) is 53.4 Å². The quantitative estimate of drug-likeness (QED) is 0.323. The van der Waals surface area contributed by atoms with E-state index in [9.17, 15) is 0 Å². The maximum absolute atomic E-state index is 5.49. The molecule has 0 bridgehead atoms. The fourth-order valence-corrected chi connectivity index (χ4v) is 5.68. The third-order valence-corrected chi connectivity index (χ3v) is 7.13. The van der Waals surface area contributed by atoms with E-state index in [4.69, 9.17) is 12.2 Å². The van der Waals surface area contributed by atoms with Gasteiger partial charge in [0, 0.05) is 0 Å². The minimum absolute atomic E-state index is 0.774. The van der Waals surface area contributed by atoms with Crippen molar-refractivity contribution in [3.63, 3.8) is 0 Å². The number of rotatable bonds is 4. The highest BCUT2D eigenvalue weighted by molar-refractivity contribution is 8.00. The van der Waals surface area contributed by atoms with Crippen LogP contribution < -0.4 is 0 Å². The minimum Gasteiger partial charge on any atom is -0.240 e. The third kappa shape index (κ3) is 3.17. The lowest BCUT2D eigenvalue weighted by atomic mass is 10.2. The SMILES string of the molecule is Cc1ccccc1-n1nc(SCc2nc3ccccc3s2)sc1=S. The molecule has 0 amide bonds. The van der Waals surface area contributed by atoms with Crippen LogP contribution in [0.1, 0.15) is 10.6 Å². The molecule has 2 aromatic carbocycles. The average molecular weight is 388 g/mol. The molecule has 2 heterocycles. The summed E-state index contributed by atoms with van der Waals surface area (Å²) in [6, 6.07) is 16.4. The summed E-state index contributed by atoms with van der Waals surface area (Å²) >= 11 is 10.5. The van der Waals surface area contributed by atoms with E-state index < -0.39 is 0 Å². The Morgan fingerprint density at radius 3 is 2.71 bits per heavy atom. The first-order chi connectivity index (χ1) is 11.7. The summed E-state index contributed by atoms with van der Waals surface area (Å²) in [6.45, 7) is 2.07. The van der Waals surface area contributed by atoms with Crippen LogP contribution >= 0.6 is 46.7 Å². The van der Waals surface area contributed by atoms with Gasteiger partial charge in [0.25, 0.3) is 0 Å². The molecular formula is C17H13N3S4. The van der Waals surface area contributed by atoms with Gasteiger partial charge >= 0.3 is 0 Å². The number of nitrogens with zero attached hydrogens (tertiary/aromatic N) is 3. The van der Waals surface area contributed by atoms with Gasteiger partial charge in [0.1, 0.15) is 5.01 Å². The first kappa shape index (κ1) is 16.0. The number of aromatic nitrogens is 3. The Hall–Kier alpha value is -1.54. The van der Waals surface area contributed by atoms with Gasteiger partial charge in [-0.05, 0) is 42.9 Å². The van der Waals surface area contributed by atoms with Gasteiger partial charge in [0.2, 0.25) is 0 Å². The van der Waals surface area contributed by atoms with E-state index in [2.05, 4.69) is 35.2 Å². The van der Waals surface area contributed by atoms with E-state index in [1.165, 1.54) is 10.3 Å². The summed E-state index contributed by atoms with van der Waals surface area (Å²) in [7, 11) is 0. The highest BCUT2D eigenvalue weighted by atomic mass is 32.2. The fourth-order valence-electron chi connectivity index (χ4n) is 2.38. The zero-order chi connectivity index (χ0) is 16.5. The molecule has 4 rings (SSSR count). The van der Waals surface area contributed by atoms with Gasteiger partial charge < -0.3 is 0 Å². The molecule has 4 aromatic rings. The molecule has 0 spiro atoms. The van der Waals surface area contributed by atoms with E-state index in [1.54, 1.807) is 34.4 Å². The van der Waals surface area contributed by atoms with Crippen molar-refractivity contribution < 1.29 is 0 Å². The van der Waals surface area contributed by atoms with Gasteiger partial charge in [-0.2, -0.15) is 0 Å². The standard InChI is InChI=1S/C17H13N3S4/c1-11-6-2-4-8-13(11)20-17(21)24-16(19-20)22-10-15-18-12-7-3-5-9-14(12)23-15/h2-9H,10H2,1H3. The summed E-state index contributed by atoms with van der Waals surface area (Å²) in [4.78, 5) is 4.67. The summed E-state index contributed by atoms with van der Waals surface area (Å²) in [5.74, 6) is 0.815. The molecule has 0 N–H and O–H groups in total. The molecule has 2 aromatic heterocycles. The number of para-hydroxylation sites is 2. The molecule has 0 fully saturated rings. The van der Waals surface area contributed by atoms with Crippen LogP contribution in [0.4, 0.5) is 0 Å². The summed E-state index contributed by atoms with van der Waals surface area (Å²) in [5, 5.41) is 5.80. The van der Waals surface area contributed by atoms with Crippen molar-refractivity contribution in [2.24, 2.45) is 0 Å². The first-order valence-electron chi connectivity index (χ1n) is 7.34. The third-order valence-electron chi connectivity index (χ3n) is 3.53. The van der Waals surface area contributed by atoms with Crippen molar-refractivity contribution in [1.82, 2.24) is 14.8 Å². The first-order valence-corrected chi connectivity index (χ1v) is 10.4. The number of hydrogen-bond donors (Lipinski definition) is 0. The molecule has 0 saturated heterocycles. The molecule has 0 aliphatic heterocycles. The van der Waals surface area contributed by atoms with E-state index in [0.717, 1.165) is 30.3 Å². The van der Waals surface area contributed by atoms with Crippen molar-refractivity contribution in [3.05, 3.63) is 63.1 Å². The van der Waals surface area contributed by atoms with Crippen LogP contribution in [0.25, 0.3) is 15.9 Å². The average Bonchev–Trinajstić information content (AvgIpc) is 3.16. The van der Waals surface area contributed by atoms with Crippen molar-refractivity contribution >= 4 is 56.9 Å². The molecule has 0 unspecified atom stereocenters. The summed E-state index contributed by atoms with van der Waals surface area (Å²) < 4.78 is 4.83.